The summed E-state index contributed by atoms with van der Waals surface area (Å²) >= 11 is 23.3. The van der Waals surface area contributed by atoms with E-state index >= 15 is 0 Å². The summed E-state index contributed by atoms with van der Waals surface area (Å²) in [7, 11) is 0. The van der Waals surface area contributed by atoms with Crippen LogP contribution in [0.5, 0.6) is 0 Å². The van der Waals surface area contributed by atoms with Crippen molar-refractivity contribution in [2.45, 2.75) is 6.42 Å². The first kappa shape index (κ1) is 16.4. The van der Waals surface area contributed by atoms with Gasteiger partial charge in [0, 0.05) is 27.3 Å². The minimum absolute atomic E-state index is 0.542. The molecule has 0 radical (unpaired) electrons. The minimum Gasteiger partial charge on any atom is -0.362 e. The Hall–Kier alpha value is -1.00. The van der Waals surface area contributed by atoms with Gasteiger partial charge in [0.25, 0.3) is 0 Å². The normalized spacial score (nSPS) is 10.2. The van der Waals surface area contributed by atoms with Crippen LogP contribution in [-0.2, 0) is 6.42 Å². The Bertz CT molecular complexity index is 609. The van der Waals surface area contributed by atoms with Crippen LogP contribution in [0.3, 0.4) is 0 Å². The van der Waals surface area contributed by atoms with Gasteiger partial charge in [-0.05, 0) is 60.6 Å². The molecule has 0 aliphatic carbocycles. The highest BCUT2D eigenvalue weighted by Crippen LogP contribution is 2.24. The SMILES string of the molecule is S=C(NCCc1c(Cl)cccc1Cl)Nc1ccc(Cl)cc1. The molecule has 21 heavy (non-hydrogen) atoms. The molecule has 2 nitrogen and oxygen atoms in total. The summed E-state index contributed by atoms with van der Waals surface area (Å²) in [5, 5.41) is 8.76. The molecular weight excluding hydrogens is 347 g/mol. The van der Waals surface area contributed by atoms with E-state index in [1.807, 2.05) is 30.3 Å². The Morgan fingerprint density at radius 1 is 0.952 bits per heavy atom. The lowest BCUT2D eigenvalue weighted by Gasteiger charge is -2.12. The molecule has 0 aromatic heterocycles. The molecule has 0 aliphatic heterocycles. The molecule has 0 atom stereocenters. The van der Waals surface area contributed by atoms with E-state index < -0.39 is 0 Å². The number of benzene rings is 2. The molecule has 0 saturated heterocycles. The maximum atomic E-state index is 6.12. The van der Waals surface area contributed by atoms with Gasteiger partial charge < -0.3 is 10.6 Å². The summed E-state index contributed by atoms with van der Waals surface area (Å²) in [5.41, 5.74) is 1.80. The van der Waals surface area contributed by atoms with Crippen LogP contribution in [0.2, 0.25) is 15.1 Å². The summed E-state index contributed by atoms with van der Waals surface area (Å²) in [6.07, 6.45) is 0.695. The van der Waals surface area contributed by atoms with E-state index in [4.69, 9.17) is 47.0 Å². The van der Waals surface area contributed by atoms with Gasteiger partial charge >= 0.3 is 0 Å². The van der Waals surface area contributed by atoms with E-state index in [2.05, 4.69) is 10.6 Å². The molecule has 0 heterocycles. The van der Waals surface area contributed by atoms with Crippen LogP contribution in [0.15, 0.2) is 42.5 Å². The lowest BCUT2D eigenvalue weighted by Crippen LogP contribution is -2.30. The van der Waals surface area contributed by atoms with Crippen molar-refractivity contribution in [3.63, 3.8) is 0 Å². The van der Waals surface area contributed by atoms with Crippen LogP contribution in [0.1, 0.15) is 5.56 Å². The molecule has 0 aliphatic rings. The molecule has 0 saturated carbocycles. The van der Waals surface area contributed by atoms with E-state index in [0.717, 1.165) is 11.3 Å². The second kappa shape index (κ2) is 7.85. The first-order chi connectivity index (χ1) is 10.1. The Morgan fingerprint density at radius 2 is 1.57 bits per heavy atom. The maximum absolute atomic E-state index is 6.12. The van der Waals surface area contributed by atoms with E-state index in [-0.39, 0.29) is 0 Å². The van der Waals surface area contributed by atoms with Crippen molar-refractivity contribution in [2.75, 3.05) is 11.9 Å². The first-order valence-corrected chi connectivity index (χ1v) is 7.84. The van der Waals surface area contributed by atoms with Gasteiger partial charge in [-0.25, -0.2) is 0 Å². The number of anilines is 1. The van der Waals surface area contributed by atoms with Gasteiger partial charge in [0.05, 0.1) is 0 Å². The van der Waals surface area contributed by atoms with Gasteiger partial charge in [-0.3, -0.25) is 0 Å². The number of rotatable bonds is 4. The van der Waals surface area contributed by atoms with Crippen LogP contribution in [0.25, 0.3) is 0 Å². The molecule has 2 aromatic carbocycles. The highest BCUT2D eigenvalue weighted by molar-refractivity contribution is 7.80. The average Bonchev–Trinajstić information content (AvgIpc) is 2.45. The van der Waals surface area contributed by atoms with Gasteiger partial charge in [0.15, 0.2) is 5.11 Å². The summed E-state index contributed by atoms with van der Waals surface area (Å²) < 4.78 is 0. The largest absolute Gasteiger partial charge is 0.362 e. The third-order valence-corrected chi connectivity index (χ3v) is 4.03. The van der Waals surface area contributed by atoms with E-state index in [9.17, 15) is 0 Å². The van der Waals surface area contributed by atoms with Gasteiger partial charge in [0.1, 0.15) is 0 Å². The van der Waals surface area contributed by atoms with Crippen molar-refractivity contribution in [3.05, 3.63) is 63.1 Å². The van der Waals surface area contributed by atoms with Crippen LogP contribution in [0.4, 0.5) is 5.69 Å². The molecule has 0 bridgehead atoms. The number of nitrogens with one attached hydrogen (secondary N) is 2. The fourth-order valence-electron chi connectivity index (χ4n) is 1.78. The van der Waals surface area contributed by atoms with E-state index in [0.29, 0.717) is 33.1 Å². The molecule has 6 heteroatoms. The zero-order chi connectivity index (χ0) is 15.2. The molecule has 0 unspecified atom stereocenters. The average molecular weight is 360 g/mol. The smallest absolute Gasteiger partial charge is 0.170 e. The van der Waals surface area contributed by atoms with Gasteiger partial charge in [-0.2, -0.15) is 0 Å². The monoisotopic (exact) mass is 358 g/mol. The van der Waals surface area contributed by atoms with E-state index in [1.165, 1.54) is 0 Å². The highest BCUT2D eigenvalue weighted by atomic mass is 35.5. The predicted octanol–water partition coefficient (Wildman–Crippen LogP) is 5.18. The third-order valence-electron chi connectivity index (χ3n) is 2.82. The summed E-state index contributed by atoms with van der Waals surface area (Å²) in [6.45, 7) is 0.642. The Balaban J connectivity index is 1.83. The predicted molar refractivity (Wildman–Crippen MR) is 95.8 cm³/mol. The van der Waals surface area contributed by atoms with E-state index in [1.54, 1.807) is 12.1 Å². The van der Waals surface area contributed by atoms with Crippen molar-refractivity contribution in [3.8, 4) is 0 Å². The second-order valence-electron chi connectivity index (χ2n) is 4.34. The van der Waals surface area contributed by atoms with Crippen LogP contribution in [-0.4, -0.2) is 11.7 Å². The van der Waals surface area contributed by atoms with Gasteiger partial charge in [0.2, 0.25) is 0 Å². The number of halogens is 3. The number of hydrogen-bond donors (Lipinski definition) is 2. The Kier molecular flexibility index (Phi) is 6.12. The first-order valence-electron chi connectivity index (χ1n) is 6.29. The van der Waals surface area contributed by atoms with Crippen molar-refractivity contribution >= 4 is 57.8 Å². The molecule has 0 spiro atoms. The quantitative estimate of drug-likeness (QED) is 0.736. The Morgan fingerprint density at radius 3 is 2.19 bits per heavy atom. The zero-order valence-corrected chi connectivity index (χ0v) is 14.1. The van der Waals surface area contributed by atoms with Crippen molar-refractivity contribution in [2.24, 2.45) is 0 Å². The second-order valence-corrected chi connectivity index (χ2v) is 6.00. The number of thiocarbonyl (C=S) groups is 1. The fraction of sp³-hybridized carbons (Fsp3) is 0.133. The number of hydrogen-bond acceptors (Lipinski definition) is 1. The fourth-order valence-corrected chi connectivity index (χ4v) is 2.71. The Labute approximate surface area is 144 Å². The summed E-state index contributed by atoms with van der Waals surface area (Å²) in [5.74, 6) is 0. The molecule has 2 N–H and O–H groups in total. The molecule has 2 rings (SSSR count). The maximum Gasteiger partial charge on any atom is 0.170 e. The summed E-state index contributed by atoms with van der Waals surface area (Å²) in [4.78, 5) is 0. The molecular formula is C15H13Cl3N2S. The van der Waals surface area contributed by atoms with Crippen LogP contribution in [0, 0.1) is 0 Å². The minimum atomic E-state index is 0.542. The standard InChI is InChI=1S/C15H13Cl3N2S/c16-10-4-6-11(7-5-10)20-15(21)19-9-8-12-13(17)2-1-3-14(12)18/h1-7H,8-9H2,(H2,19,20,21). The highest BCUT2D eigenvalue weighted by Gasteiger charge is 2.05. The van der Waals surface area contributed by atoms with Crippen LogP contribution < -0.4 is 10.6 Å². The lowest BCUT2D eigenvalue weighted by molar-refractivity contribution is 0.874. The summed E-state index contributed by atoms with van der Waals surface area (Å²) in [6, 6.07) is 12.8. The van der Waals surface area contributed by atoms with Gasteiger partial charge in [-0.1, -0.05) is 40.9 Å². The molecule has 0 amide bonds. The van der Waals surface area contributed by atoms with Gasteiger partial charge in [-0.15, -0.1) is 0 Å². The van der Waals surface area contributed by atoms with Crippen LogP contribution >= 0.6 is 47.0 Å². The topological polar surface area (TPSA) is 24.1 Å². The lowest BCUT2D eigenvalue weighted by atomic mass is 10.1. The molecule has 2 aromatic rings. The molecule has 0 fully saturated rings. The van der Waals surface area contributed by atoms with Crippen molar-refractivity contribution in [1.29, 1.82) is 0 Å². The molecule has 110 valence electrons. The van der Waals surface area contributed by atoms with Crippen molar-refractivity contribution < 1.29 is 0 Å². The van der Waals surface area contributed by atoms with Crippen molar-refractivity contribution in [1.82, 2.24) is 5.32 Å². The third kappa shape index (κ3) is 5.04. The zero-order valence-electron chi connectivity index (χ0n) is 11.0.